The van der Waals surface area contributed by atoms with Crippen LogP contribution in [0.15, 0.2) is 21.5 Å². The average Bonchev–Trinajstić information content (AvgIpc) is 1.69. The highest BCUT2D eigenvalue weighted by atomic mass is 16.4. The van der Waals surface area contributed by atoms with Gasteiger partial charge in [-0.05, 0) is 0 Å². The SMILES string of the molecule is O=c1n[c]cco1. The molecule has 1 aromatic heterocycles. The largest absolute Gasteiger partial charge is 0.439 e. The molecule has 0 saturated heterocycles. The minimum absolute atomic E-state index is 0.609. The molecule has 0 aliphatic heterocycles. The van der Waals surface area contributed by atoms with Crippen molar-refractivity contribution in [3.05, 3.63) is 29.1 Å². The number of nitrogens with zero attached hydrogens (tertiary/aromatic N) is 1. The zero-order valence-electron chi connectivity index (χ0n) is 3.42. The Morgan fingerprint density at radius 2 is 2.71 bits per heavy atom. The van der Waals surface area contributed by atoms with Crippen LogP contribution >= 0.6 is 0 Å². The minimum atomic E-state index is -0.609. The first-order valence-corrected chi connectivity index (χ1v) is 1.71. The molecule has 0 unspecified atom stereocenters. The maximum Gasteiger partial charge on any atom is 0.439 e. The average molecular weight is 96.1 g/mol. The third kappa shape index (κ3) is 0.855. The van der Waals surface area contributed by atoms with Crippen molar-refractivity contribution < 1.29 is 4.42 Å². The Balaban J connectivity index is 3.28. The minimum Gasteiger partial charge on any atom is -0.417 e. The van der Waals surface area contributed by atoms with Gasteiger partial charge in [0, 0.05) is 6.07 Å². The molecule has 0 aliphatic rings. The third-order valence-electron chi connectivity index (χ3n) is 0.467. The first-order valence-electron chi connectivity index (χ1n) is 1.71. The van der Waals surface area contributed by atoms with E-state index in [9.17, 15) is 4.79 Å². The Morgan fingerprint density at radius 3 is 3.00 bits per heavy atom. The Bertz CT molecular complexity index is 175. The molecule has 0 aliphatic carbocycles. The monoisotopic (exact) mass is 96.0 g/mol. The summed E-state index contributed by atoms with van der Waals surface area (Å²) in [6.45, 7) is 0. The summed E-state index contributed by atoms with van der Waals surface area (Å²) < 4.78 is 4.23. The second-order valence-corrected chi connectivity index (χ2v) is 0.927. The normalized spacial score (nSPS) is 8.57. The third-order valence-corrected chi connectivity index (χ3v) is 0.467. The molecule has 1 heterocycles. The van der Waals surface area contributed by atoms with Crippen LogP contribution in [0.2, 0.25) is 0 Å². The van der Waals surface area contributed by atoms with E-state index in [1.807, 2.05) is 0 Å². The lowest BCUT2D eigenvalue weighted by Crippen LogP contribution is -1.99. The topological polar surface area (TPSA) is 43.1 Å². The fourth-order valence-electron chi connectivity index (χ4n) is 0.239. The van der Waals surface area contributed by atoms with Gasteiger partial charge in [0.2, 0.25) is 0 Å². The summed E-state index contributed by atoms with van der Waals surface area (Å²) in [5.41, 5.74) is 0. The summed E-state index contributed by atoms with van der Waals surface area (Å²) >= 11 is 0. The molecule has 0 amide bonds. The van der Waals surface area contributed by atoms with Crippen LogP contribution in [0.3, 0.4) is 0 Å². The van der Waals surface area contributed by atoms with Crippen molar-refractivity contribution in [2.24, 2.45) is 0 Å². The second-order valence-electron chi connectivity index (χ2n) is 0.927. The van der Waals surface area contributed by atoms with Crippen LogP contribution in [0, 0.1) is 6.20 Å². The molecule has 1 radical (unpaired) electrons. The second kappa shape index (κ2) is 1.55. The predicted molar refractivity (Wildman–Crippen MR) is 21.6 cm³/mol. The lowest BCUT2D eigenvalue weighted by Gasteiger charge is -1.70. The summed E-state index contributed by atoms with van der Waals surface area (Å²) in [4.78, 5) is 13.1. The molecule has 0 bridgehead atoms. The molecule has 1 rings (SSSR count). The smallest absolute Gasteiger partial charge is 0.417 e. The zero-order valence-corrected chi connectivity index (χ0v) is 3.42. The summed E-state index contributed by atoms with van der Waals surface area (Å²) in [6.07, 6.45) is 3.54. The van der Waals surface area contributed by atoms with Gasteiger partial charge >= 0.3 is 5.76 Å². The van der Waals surface area contributed by atoms with Gasteiger partial charge in [-0.1, -0.05) is 0 Å². The summed E-state index contributed by atoms with van der Waals surface area (Å²) in [5.74, 6) is -0.609. The van der Waals surface area contributed by atoms with E-state index < -0.39 is 5.76 Å². The number of hydrogen-bond donors (Lipinski definition) is 0. The van der Waals surface area contributed by atoms with Gasteiger partial charge in [-0.3, -0.25) is 0 Å². The van der Waals surface area contributed by atoms with E-state index in [2.05, 4.69) is 15.6 Å². The van der Waals surface area contributed by atoms with Gasteiger partial charge in [0.1, 0.15) is 0 Å². The lowest BCUT2D eigenvalue weighted by atomic mass is 10.7. The molecule has 0 N–H and O–H groups in total. The Hall–Kier alpha value is -1.12. The Morgan fingerprint density at radius 1 is 1.86 bits per heavy atom. The van der Waals surface area contributed by atoms with Gasteiger partial charge in [-0.15, -0.1) is 0 Å². The van der Waals surface area contributed by atoms with E-state index >= 15 is 0 Å². The molecule has 3 nitrogen and oxygen atoms in total. The van der Waals surface area contributed by atoms with E-state index in [1.54, 1.807) is 0 Å². The van der Waals surface area contributed by atoms with Gasteiger partial charge in [-0.2, -0.15) is 4.98 Å². The standard InChI is InChI=1S/C4H2NO2/c6-4-5-2-1-3-7-4/h1,3H. The molecule has 0 aromatic carbocycles. The van der Waals surface area contributed by atoms with Crippen molar-refractivity contribution in [2.45, 2.75) is 0 Å². The van der Waals surface area contributed by atoms with Crippen molar-refractivity contribution in [2.75, 3.05) is 0 Å². The van der Waals surface area contributed by atoms with Crippen molar-refractivity contribution >= 4 is 0 Å². The van der Waals surface area contributed by atoms with Crippen molar-refractivity contribution in [3.8, 4) is 0 Å². The number of aromatic nitrogens is 1. The summed E-state index contributed by atoms with van der Waals surface area (Å²) in [5, 5.41) is 0. The summed E-state index contributed by atoms with van der Waals surface area (Å²) in [6, 6.07) is 1.42. The Kier molecular flexibility index (Phi) is 0.898. The van der Waals surface area contributed by atoms with Gasteiger partial charge in [0.05, 0.1) is 12.5 Å². The molecular weight excluding hydrogens is 94.0 g/mol. The zero-order chi connectivity index (χ0) is 5.11. The molecule has 1 aromatic rings. The maximum atomic E-state index is 9.96. The van der Waals surface area contributed by atoms with Crippen LogP contribution in [-0.4, -0.2) is 4.98 Å². The highest BCUT2D eigenvalue weighted by Crippen LogP contribution is 1.65. The molecule has 0 spiro atoms. The van der Waals surface area contributed by atoms with E-state index in [0.29, 0.717) is 0 Å². The molecule has 0 fully saturated rings. The molecular formula is C4H2NO2. The van der Waals surface area contributed by atoms with Crippen LogP contribution < -0.4 is 5.76 Å². The Labute approximate surface area is 39.6 Å². The quantitative estimate of drug-likeness (QED) is 0.450. The molecule has 0 saturated carbocycles. The molecule has 7 heavy (non-hydrogen) atoms. The van der Waals surface area contributed by atoms with Gasteiger partial charge < -0.3 is 4.42 Å². The molecule has 0 atom stereocenters. The number of hydrogen-bond acceptors (Lipinski definition) is 3. The predicted octanol–water partition coefficient (Wildman–Crippen LogP) is -0.165. The number of rotatable bonds is 0. The van der Waals surface area contributed by atoms with Gasteiger partial charge in [0.15, 0.2) is 0 Å². The van der Waals surface area contributed by atoms with Crippen molar-refractivity contribution in [3.63, 3.8) is 0 Å². The molecule has 3 heteroatoms. The lowest BCUT2D eigenvalue weighted by molar-refractivity contribution is 0.482. The van der Waals surface area contributed by atoms with E-state index in [1.165, 1.54) is 12.3 Å². The molecule has 35 valence electrons. The van der Waals surface area contributed by atoms with Crippen LogP contribution in [0.1, 0.15) is 0 Å². The van der Waals surface area contributed by atoms with Gasteiger partial charge in [-0.25, -0.2) is 4.79 Å². The first-order chi connectivity index (χ1) is 3.39. The van der Waals surface area contributed by atoms with Gasteiger partial charge in [0.25, 0.3) is 0 Å². The maximum absolute atomic E-state index is 9.96. The first kappa shape index (κ1) is 4.05. The highest BCUT2D eigenvalue weighted by Gasteiger charge is 1.75. The fraction of sp³-hybridized carbons (Fsp3) is 0. The van der Waals surface area contributed by atoms with Crippen LogP contribution in [-0.2, 0) is 0 Å². The van der Waals surface area contributed by atoms with Crippen LogP contribution in [0.5, 0.6) is 0 Å². The summed E-state index contributed by atoms with van der Waals surface area (Å²) in [7, 11) is 0. The van der Waals surface area contributed by atoms with Crippen LogP contribution in [0.25, 0.3) is 0 Å². The highest BCUT2D eigenvalue weighted by molar-refractivity contribution is 4.67. The van der Waals surface area contributed by atoms with Crippen LogP contribution in [0.4, 0.5) is 0 Å². The fourth-order valence-corrected chi connectivity index (χ4v) is 0.239. The van der Waals surface area contributed by atoms with E-state index in [4.69, 9.17) is 0 Å². The van der Waals surface area contributed by atoms with Crippen molar-refractivity contribution in [1.82, 2.24) is 4.98 Å². The van der Waals surface area contributed by atoms with E-state index in [-0.39, 0.29) is 0 Å². The van der Waals surface area contributed by atoms with E-state index in [0.717, 1.165) is 0 Å². The van der Waals surface area contributed by atoms with Crippen molar-refractivity contribution in [1.29, 1.82) is 0 Å².